The maximum atomic E-state index is 13.1. The number of fused-ring (bicyclic) bond motifs is 1. The fourth-order valence-corrected chi connectivity index (χ4v) is 4.54. The van der Waals surface area contributed by atoms with Crippen LogP contribution in [0.4, 0.5) is 0 Å². The van der Waals surface area contributed by atoms with Crippen LogP contribution in [0.3, 0.4) is 0 Å². The Morgan fingerprint density at radius 1 is 1.22 bits per heavy atom. The van der Waals surface area contributed by atoms with E-state index in [0.29, 0.717) is 18.4 Å². The molecule has 1 aliphatic heterocycles. The predicted molar refractivity (Wildman–Crippen MR) is 108 cm³/mol. The topological polar surface area (TPSA) is 67.2 Å². The zero-order valence-corrected chi connectivity index (χ0v) is 16.1. The van der Waals surface area contributed by atoms with E-state index >= 15 is 0 Å². The molecule has 2 aromatic heterocycles. The number of hydrogen-bond donors (Lipinski definition) is 1. The molecule has 7 heteroatoms. The number of carbonyl (C=O) groups is 1. The van der Waals surface area contributed by atoms with Crippen molar-refractivity contribution in [1.29, 1.82) is 0 Å². The maximum absolute atomic E-state index is 13.1. The Balaban J connectivity index is 1.64. The number of benzene rings is 1. The number of piperazine rings is 1. The van der Waals surface area contributed by atoms with E-state index in [1.165, 1.54) is 11.3 Å². The molecule has 1 aromatic carbocycles. The highest BCUT2D eigenvalue weighted by Crippen LogP contribution is 2.35. The van der Waals surface area contributed by atoms with Crippen LogP contribution < -0.4 is 10.9 Å². The van der Waals surface area contributed by atoms with Crippen LogP contribution in [-0.2, 0) is 11.3 Å². The molecule has 1 amide bonds. The van der Waals surface area contributed by atoms with E-state index in [2.05, 4.69) is 10.3 Å². The van der Waals surface area contributed by atoms with Gasteiger partial charge in [0.05, 0.1) is 11.7 Å². The average Bonchev–Trinajstić information content (AvgIpc) is 3.05. The van der Waals surface area contributed by atoms with Gasteiger partial charge in [-0.15, -0.1) is 11.3 Å². The number of thiophene rings is 1. The lowest BCUT2D eigenvalue weighted by Crippen LogP contribution is -2.46. The van der Waals surface area contributed by atoms with Gasteiger partial charge in [-0.05, 0) is 12.5 Å². The van der Waals surface area contributed by atoms with E-state index < -0.39 is 0 Å². The van der Waals surface area contributed by atoms with Gasteiger partial charge in [0.25, 0.3) is 5.56 Å². The molecule has 4 rings (SSSR count). The molecular weight excluding hydrogens is 360 g/mol. The van der Waals surface area contributed by atoms with Gasteiger partial charge in [-0.2, -0.15) is 0 Å². The highest BCUT2D eigenvalue weighted by Gasteiger charge is 2.19. The van der Waals surface area contributed by atoms with Crippen molar-refractivity contribution >= 4 is 27.5 Å². The van der Waals surface area contributed by atoms with E-state index in [1.807, 2.05) is 42.2 Å². The normalized spacial score (nSPS) is 14.6. The molecule has 3 aromatic rings. The average molecular weight is 382 g/mol. The predicted octanol–water partition coefficient (Wildman–Crippen LogP) is 2.26. The van der Waals surface area contributed by atoms with Gasteiger partial charge in [-0.3, -0.25) is 14.2 Å². The number of rotatable bonds is 4. The van der Waals surface area contributed by atoms with Gasteiger partial charge in [0.15, 0.2) is 0 Å². The molecule has 27 heavy (non-hydrogen) atoms. The highest BCUT2D eigenvalue weighted by molar-refractivity contribution is 7.19. The summed E-state index contributed by atoms with van der Waals surface area (Å²) in [6, 6.07) is 9.93. The summed E-state index contributed by atoms with van der Waals surface area (Å²) >= 11 is 1.54. The summed E-state index contributed by atoms with van der Waals surface area (Å²) < 4.78 is 1.57. The van der Waals surface area contributed by atoms with E-state index in [0.717, 1.165) is 47.0 Å². The van der Waals surface area contributed by atoms with Crippen LogP contribution in [0, 0.1) is 6.92 Å². The van der Waals surface area contributed by atoms with Crippen molar-refractivity contribution in [2.24, 2.45) is 0 Å². The molecule has 1 saturated heterocycles. The first-order valence-electron chi connectivity index (χ1n) is 9.17. The molecule has 0 saturated carbocycles. The second-order valence-electron chi connectivity index (χ2n) is 6.70. The molecule has 1 fully saturated rings. The van der Waals surface area contributed by atoms with Crippen molar-refractivity contribution < 1.29 is 4.79 Å². The van der Waals surface area contributed by atoms with Gasteiger partial charge in [0, 0.05) is 49.6 Å². The summed E-state index contributed by atoms with van der Waals surface area (Å²) in [6.07, 6.45) is 1.89. The lowest BCUT2D eigenvalue weighted by molar-refractivity contribution is -0.132. The molecule has 0 atom stereocenters. The number of amides is 1. The van der Waals surface area contributed by atoms with E-state index in [4.69, 9.17) is 0 Å². The van der Waals surface area contributed by atoms with E-state index in [1.54, 1.807) is 10.9 Å². The first-order chi connectivity index (χ1) is 13.1. The van der Waals surface area contributed by atoms with Crippen molar-refractivity contribution in [3.63, 3.8) is 0 Å². The number of hydrogen-bond acceptors (Lipinski definition) is 5. The summed E-state index contributed by atoms with van der Waals surface area (Å²) in [4.78, 5) is 33.7. The SMILES string of the molecule is Cc1sc2ncn(CCC(=O)N3CCNCC3)c(=O)c2c1-c1ccccc1. The van der Waals surface area contributed by atoms with Gasteiger partial charge >= 0.3 is 0 Å². The molecule has 0 bridgehead atoms. The monoisotopic (exact) mass is 382 g/mol. The molecule has 0 unspecified atom stereocenters. The lowest BCUT2D eigenvalue weighted by Gasteiger charge is -2.27. The van der Waals surface area contributed by atoms with Crippen LogP contribution in [0.5, 0.6) is 0 Å². The first kappa shape index (κ1) is 17.9. The molecule has 0 spiro atoms. The summed E-state index contributed by atoms with van der Waals surface area (Å²) in [5.41, 5.74) is 1.90. The van der Waals surface area contributed by atoms with Crippen molar-refractivity contribution in [3.8, 4) is 11.1 Å². The Bertz CT molecular complexity index is 1020. The third-order valence-corrected chi connectivity index (χ3v) is 5.97. The Morgan fingerprint density at radius 3 is 2.70 bits per heavy atom. The largest absolute Gasteiger partial charge is 0.340 e. The van der Waals surface area contributed by atoms with Crippen LogP contribution in [0.2, 0.25) is 0 Å². The first-order valence-corrected chi connectivity index (χ1v) is 9.99. The second kappa shape index (κ2) is 7.62. The summed E-state index contributed by atoms with van der Waals surface area (Å²) in [6.45, 7) is 5.49. The zero-order chi connectivity index (χ0) is 18.8. The zero-order valence-electron chi connectivity index (χ0n) is 15.3. The number of nitrogens with zero attached hydrogens (tertiary/aromatic N) is 3. The highest BCUT2D eigenvalue weighted by atomic mass is 32.1. The quantitative estimate of drug-likeness (QED) is 0.752. The fraction of sp³-hybridized carbons (Fsp3) is 0.350. The second-order valence-corrected chi connectivity index (χ2v) is 7.91. The third kappa shape index (κ3) is 3.52. The number of aromatic nitrogens is 2. The minimum atomic E-state index is -0.0729. The Morgan fingerprint density at radius 2 is 1.96 bits per heavy atom. The van der Waals surface area contributed by atoms with E-state index in [9.17, 15) is 9.59 Å². The standard InChI is InChI=1S/C20H22N4O2S/c1-14-17(15-5-3-2-4-6-15)18-19(27-14)22-13-24(20(18)26)10-7-16(25)23-11-8-21-9-12-23/h2-6,13,21H,7-12H2,1H3. The molecule has 6 nitrogen and oxygen atoms in total. The minimum Gasteiger partial charge on any atom is -0.340 e. The van der Waals surface area contributed by atoms with E-state index in [-0.39, 0.29) is 11.5 Å². The summed E-state index contributed by atoms with van der Waals surface area (Å²) in [5, 5.41) is 3.89. The molecule has 1 N–H and O–H groups in total. The Hall–Kier alpha value is -2.51. The number of carbonyl (C=O) groups excluding carboxylic acids is 1. The van der Waals surface area contributed by atoms with Crippen molar-refractivity contribution in [2.75, 3.05) is 26.2 Å². The van der Waals surface area contributed by atoms with Gasteiger partial charge in [0.2, 0.25) is 5.91 Å². The summed E-state index contributed by atoms with van der Waals surface area (Å²) in [7, 11) is 0. The van der Waals surface area contributed by atoms with Gasteiger partial charge in [0.1, 0.15) is 4.83 Å². The van der Waals surface area contributed by atoms with Crippen LogP contribution in [0.15, 0.2) is 41.5 Å². The van der Waals surface area contributed by atoms with Gasteiger partial charge < -0.3 is 10.2 Å². The fourth-order valence-electron chi connectivity index (χ4n) is 3.54. The van der Waals surface area contributed by atoms with Crippen molar-refractivity contribution in [3.05, 3.63) is 51.9 Å². The number of aryl methyl sites for hydroxylation is 2. The van der Waals surface area contributed by atoms with Crippen LogP contribution >= 0.6 is 11.3 Å². The maximum Gasteiger partial charge on any atom is 0.262 e. The lowest BCUT2D eigenvalue weighted by atomic mass is 10.0. The van der Waals surface area contributed by atoms with Crippen LogP contribution in [0.1, 0.15) is 11.3 Å². The third-order valence-electron chi connectivity index (χ3n) is 4.95. The Kier molecular flexibility index (Phi) is 5.05. The van der Waals surface area contributed by atoms with Crippen molar-refractivity contribution in [1.82, 2.24) is 19.8 Å². The summed E-state index contributed by atoms with van der Waals surface area (Å²) in [5.74, 6) is 0.0910. The van der Waals surface area contributed by atoms with Crippen LogP contribution in [0.25, 0.3) is 21.3 Å². The molecule has 3 heterocycles. The van der Waals surface area contributed by atoms with Crippen LogP contribution in [-0.4, -0.2) is 46.5 Å². The van der Waals surface area contributed by atoms with Gasteiger partial charge in [-0.25, -0.2) is 4.98 Å². The van der Waals surface area contributed by atoms with Gasteiger partial charge in [-0.1, -0.05) is 30.3 Å². The smallest absolute Gasteiger partial charge is 0.262 e. The molecule has 0 radical (unpaired) electrons. The number of nitrogens with one attached hydrogen (secondary N) is 1. The molecule has 0 aliphatic carbocycles. The Labute approximate surface area is 161 Å². The molecule has 140 valence electrons. The van der Waals surface area contributed by atoms with Crippen molar-refractivity contribution in [2.45, 2.75) is 19.9 Å². The minimum absolute atomic E-state index is 0.0729. The molecule has 1 aliphatic rings. The molecular formula is C20H22N4O2S.